The molecule has 1 aromatic heterocycles. The largest absolute Gasteiger partial charge is 0.487 e. The normalized spacial score (nSPS) is 10.6. The van der Waals surface area contributed by atoms with Crippen LogP contribution in [0.3, 0.4) is 0 Å². The quantitative estimate of drug-likeness (QED) is 0.592. The van der Waals surface area contributed by atoms with Crippen molar-refractivity contribution in [2.45, 2.75) is 26.5 Å². The number of aryl methyl sites for hydroxylation is 2. The number of para-hydroxylation sites is 1. The molecule has 0 unspecified atom stereocenters. The predicted molar refractivity (Wildman–Crippen MR) is 106 cm³/mol. The van der Waals surface area contributed by atoms with Gasteiger partial charge in [0.25, 0.3) is 5.91 Å². The van der Waals surface area contributed by atoms with Gasteiger partial charge in [-0.15, -0.1) is 0 Å². The molecule has 6 heteroatoms. The minimum absolute atomic E-state index is 0.0909. The van der Waals surface area contributed by atoms with Crippen molar-refractivity contribution in [3.05, 3.63) is 82.6 Å². The molecule has 27 heavy (non-hydrogen) atoms. The van der Waals surface area contributed by atoms with Crippen molar-refractivity contribution < 1.29 is 9.53 Å². The van der Waals surface area contributed by atoms with Gasteiger partial charge < -0.3 is 10.1 Å². The van der Waals surface area contributed by atoms with Crippen LogP contribution in [-0.2, 0) is 13.2 Å². The number of rotatable bonds is 8. The molecule has 0 saturated carbocycles. The Morgan fingerprint density at radius 2 is 2.04 bits per heavy atom. The molecular formula is C21H22ClN3O2. The van der Waals surface area contributed by atoms with Gasteiger partial charge in [-0.3, -0.25) is 9.48 Å². The lowest BCUT2D eigenvalue weighted by Crippen LogP contribution is -2.25. The summed E-state index contributed by atoms with van der Waals surface area (Å²) in [5.41, 5.74) is 2.65. The summed E-state index contributed by atoms with van der Waals surface area (Å²) in [6, 6.07) is 16.7. The Morgan fingerprint density at radius 1 is 1.19 bits per heavy atom. The van der Waals surface area contributed by atoms with E-state index in [1.54, 1.807) is 18.3 Å². The first-order valence-electron chi connectivity index (χ1n) is 8.86. The minimum Gasteiger partial charge on any atom is -0.487 e. The van der Waals surface area contributed by atoms with Crippen LogP contribution >= 0.6 is 11.6 Å². The van der Waals surface area contributed by atoms with Crippen LogP contribution in [0.5, 0.6) is 5.75 Å². The molecule has 1 amide bonds. The van der Waals surface area contributed by atoms with Crippen LogP contribution in [0, 0.1) is 6.92 Å². The van der Waals surface area contributed by atoms with Crippen LogP contribution in [0.1, 0.15) is 28.0 Å². The van der Waals surface area contributed by atoms with Gasteiger partial charge in [-0.1, -0.05) is 35.9 Å². The van der Waals surface area contributed by atoms with Crippen molar-refractivity contribution in [2.75, 3.05) is 6.54 Å². The fraction of sp³-hybridized carbons (Fsp3) is 0.238. The Labute approximate surface area is 163 Å². The van der Waals surface area contributed by atoms with Gasteiger partial charge in [-0.25, -0.2) is 0 Å². The predicted octanol–water partition coefficient (Wildman–Crippen LogP) is 4.24. The van der Waals surface area contributed by atoms with Gasteiger partial charge in [0, 0.05) is 30.5 Å². The van der Waals surface area contributed by atoms with Gasteiger partial charge in [0.15, 0.2) is 0 Å². The lowest BCUT2D eigenvalue weighted by atomic mass is 10.1. The third-order valence-corrected chi connectivity index (χ3v) is 4.49. The number of nitrogens with one attached hydrogen (secondary N) is 1. The summed E-state index contributed by atoms with van der Waals surface area (Å²) in [5.74, 6) is 0.537. The molecule has 0 aliphatic heterocycles. The minimum atomic E-state index is -0.0909. The highest BCUT2D eigenvalue weighted by Crippen LogP contribution is 2.24. The first kappa shape index (κ1) is 19.0. The average molecular weight is 384 g/mol. The van der Waals surface area contributed by atoms with Crippen molar-refractivity contribution >= 4 is 17.5 Å². The van der Waals surface area contributed by atoms with Crippen LogP contribution < -0.4 is 10.1 Å². The number of carbonyl (C=O) groups is 1. The second-order valence-corrected chi connectivity index (χ2v) is 6.63. The molecule has 2 aromatic carbocycles. The lowest BCUT2D eigenvalue weighted by molar-refractivity contribution is 0.0952. The number of carbonyl (C=O) groups excluding carboxylic acids is 1. The van der Waals surface area contributed by atoms with Crippen molar-refractivity contribution in [1.29, 1.82) is 0 Å². The fourth-order valence-corrected chi connectivity index (χ4v) is 2.88. The average Bonchev–Trinajstić information content (AvgIpc) is 3.09. The zero-order valence-electron chi connectivity index (χ0n) is 15.2. The molecule has 0 aliphatic rings. The van der Waals surface area contributed by atoms with E-state index in [0.717, 1.165) is 24.2 Å². The molecule has 3 aromatic rings. The summed E-state index contributed by atoms with van der Waals surface area (Å²) >= 11 is 6.09. The summed E-state index contributed by atoms with van der Waals surface area (Å²) in [4.78, 5) is 12.4. The molecule has 1 N–H and O–H groups in total. The number of halogens is 1. The second-order valence-electron chi connectivity index (χ2n) is 6.22. The van der Waals surface area contributed by atoms with E-state index >= 15 is 0 Å². The zero-order chi connectivity index (χ0) is 19.1. The van der Waals surface area contributed by atoms with E-state index in [2.05, 4.69) is 10.4 Å². The Kier molecular flexibility index (Phi) is 6.49. The molecule has 3 rings (SSSR count). The lowest BCUT2D eigenvalue weighted by Gasteiger charge is -2.10. The summed E-state index contributed by atoms with van der Waals surface area (Å²) < 4.78 is 7.66. The number of nitrogens with zero attached hydrogens (tertiary/aromatic N) is 2. The first-order valence-corrected chi connectivity index (χ1v) is 9.24. The molecule has 0 radical (unpaired) electrons. The van der Waals surface area contributed by atoms with Gasteiger partial charge in [0.1, 0.15) is 12.4 Å². The molecule has 0 bridgehead atoms. The number of aromatic nitrogens is 2. The topological polar surface area (TPSA) is 56.2 Å². The van der Waals surface area contributed by atoms with E-state index < -0.39 is 0 Å². The van der Waals surface area contributed by atoms with Gasteiger partial charge in [-0.05, 0) is 49.2 Å². The Hall–Kier alpha value is -2.79. The highest BCUT2D eigenvalue weighted by Gasteiger charge is 2.07. The Morgan fingerprint density at radius 3 is 2.81 bits per heavy atom. The zero-order valence-corrected chi connectivity index (χ0v) is 15.9. The number of ether oxygens (including phenoxy) is 1. The van der Waals surface area contributed by atoms with Crippen LogP contribution in [0.15, 0.2) is 60.8 Å². The molecule has 0 aliphatic carbocycles. The number of benzene rings is 2. The monoisotopic (exact) mass is 383 g/mol. The van der Waals surface area contributed by atoms with E-state index in [1.165, 1.54) is 0 Å². The molecular weight excluding hydrogens is 362 g/mol. The molecule has 0 saturated heterocycles. The summed E-state index contributed by atoms with van der Waals surface area (Å²) in [5, 5.41) is 7.75. The number of amides is 1. The summed E-state index contributed by atoms with van der Waals surface area (Å²) in [6.45, 7) is 3.74. The molecule has 0 atom stereocenters. The van der Waals surface area contributed by atoms with Crippen molar-refractivity contribution in [2.24, 2.45) is 0 Å². The SMILES string of the molecule is Cc1ccnn1CCCNC(=O)c1cccc(COc2ccccc2Cl)c1. The molecule has 0 fully saturated rings. The highest BCUT2D eigenvalue weighted by molar-refractivity contribution is 6.32. The number of hydrogen-bond acceptors (Lipinski definition) is 3. The highest BCUT2D eigenvalue weighted by atomic mass is 35.5. The van der Waals surface area contributed by atoms with Gasteiger partial charge in [-0.2, -0.15) is 5.10 Å². The van der Waals surface area contributed by atoms with Crippen LogP contribution in [0.4, 0.5) is 0 Å². The number of hydrogen-bond donors (Lipinski definition) is 1. The van der Waals surface area contributed by atoms with Crippen molar-refractivity contribution in [1.82, 2.24) is 15.1 Å². The van der Waals surface area contributed by atoms with Crippen LogP contribution in [-0.4, -0.2) is 22.2 Å². The summed E-state index contributed by atoms with van der Waals surface area (Å²) in [7, 11) is 0. The van der Waals surface area contributed by atoms with E-state index in [0.29, 0.717) is 29.5 Å². The smallest absolute Gasteiger partial charge is 0.251 e. The molecule has 140 valence electrons. The maximum Gasteiger partial charge on any atom is 0.251 e. The van der Waals surface area contributed by atoms with Crippen LogP contribution in [0.2, 0.25) is 5.02 Å². The van der Waals surface area contributed by atoms with Gasteiger partial charge in [0.2, 0.25) is 0 Å². The molecule has 1 heterocycles. The third-order valence-electron chi connectivity index (χ3n) is 4.18. The van der Waals surface area contributed by atoms with E-state index in [4.69, 9.17) is 16.3 Å². The molecule has 5 nitrogen and oxygen atoms in total. The maximum atomic E-state index is 12.4. The van der Waals surface area contributed by atoms with Gasteiger partial charge >= 0.3 is 0 Å². The fourth-order valence-electron chi connectivity index (χ4n) is 2.69. The van der Waals surface area contributed by atoms with Crippen LogP contribution in [0.25, 0.3) is 0 Å². The first-order chi connectivity index (χ1) is 13.1. The van der Waals surface area contributed by atoms with E-state index in [9.17, 15) is 4.79 Å². The second kappa shape index (κ2) is 9.24. The van der Waals surface area contributed by atoms with E-state index in [-0.39, 0.29) is 5.91 Å². The Bertz CT molecular complexity index is 908. The standard InChI is InChI=1S/C21H22ClN3O2/c1-16-10-12-24-25(16)13-5-11-23-21(26)18-7-4-6-17(14-18)15-27-20-9-3-2-8-19(20)22/h2-4,6-10,12,14H,5,11,13,15H2,1H3,(H,23,26). The van der Waals surface area contributed by atoms with Gasteiger partial charge in [0.05, 0.1) is 5.02 Å². The van der Waals surface area contributed by atoms with Crippen molar-refractivity contribution in [3.63, 3.8) is 0 Å². The van der Waals surface area contributed by atoms with E-state index in [1.807, 2.05) is 54.1 Å². The third kappa shape index (κ3) is 5.34. The summed E-state index contributed by atoms with van der Waals surface area (Å²) in [6.07, 6.45) is 2.60. The maximum absolute atomic E-state index is 12.4. The van der Waals surface area contributed by atoms with Crippen molar-refractivity contribution in [3.8, 4) is 5.75 Å². The Balaban J connectivity index is 1.49. The molecule has 0 spiro atoms.